The van der Waals surface area contributed by atoms with Gasteiger partial charge in [0.25, 0.3) is 5.91 Å². The number of amides is 1. The molecule has 0 N–H and O–H groups in total. The Kier molecular flexibility index (Phi) is 6.20. The summed E-state index contributed by atoms with van der Waals surface area (Å²) in [6.07, 6.45) is 1.81. The average Bonchev–Trinajstić information content (AvgIpc) is 3.44. The molecule has 1 amide bonds. The zero-order valence-electron chi connectivity index (χ0n) is 17.1. The summed E-state index contributed by atoms with van der Waals surface area (Å²) in [4.78, 5) is 19.0. The molecule has 1 aliphatic heterocycles. The fraction of sp³-hybridized carbons (Fsp3) is 0.333. The predicted octanol–water partition coefficient (Wildman–Crippen LogP) is 2.39. The molecule has 156 valence electrons. The summed E-state index contributed by atoms with van der Waals surface area (Å²) in [5.41, 5.74) is 1.28. The van der Waals surface area contributed by atoms with Gasteiger partial charge in [0.15, 0.2) is 5.82 Å². The lowest BCUT2D eigenvalue weighted by atomic mass is 10.1. The molecule has 0 unspecified atom stereocenters. The standard InChI is InChI=1S/C21H24N6O2S/c1-16-22-23-24-27(16)20(14-17-5-3-6-18(13-17)29-2)21(28)26-10-8-25(9-11-26)15-19-7-4-12-30-19/h3-7,12-14H,8-11,15H2,1-2H3/b20-14-. The van der Waals surface area contributed by atoms with E-state index in [4.69, 9.17) is 4.74 Å². The van der Waals surface area contributed by atoms with E-state index in [0.29, 0.717) is 24.6 Å². The number of aromatic nitrogens is 4. The molecule has 3 heterocycles. The molecule has 9 heteroatoms. The quantitative estimate of drug-likeness (QED) is 0.566. The number of hydrogen-bond acceptors (Lipinski definition) is 7. The normalized spacial score (nSPS) is 15.4. The van der Waals surface area contributed by atoms with Crippen LogP contribution in [0.1, 0.15) is 16.3 Å². The third-order valence-corrected chi connectivity index (χ3v) is 5.95. The largest absolute Gasteiger partial charge is 0.497 e. The maximum Gasteiger partial charge on any atom is 0.272 e. The van der Waals surface area contributed by atoms with E-state index >= 15 is 0 Å². The van der Waals surface area contributed by atoms with Crippen molar-refractivity contribution in [3.05, 3.63) is 58.0 Å². The molecule has 8 nitrogen and oxygen atoms in total. The Morgan fingerprint density at radius 3 is 2.70 bits per heavy atom. The van der Waals surface area contributed by atoms with Gasteiger partial charge in [0, 0.05) is 37.6 Å². The van der Waals surface area contributed by atoms with Crippen molar-refractivity contribution in [2.24, 2.45) is 0 Å². The molecule has 1 saturated heterocycles. The highest BCUT2D eigenvalue weighted by Gasteiger charge is 2.26. The van der Waals surface area contributed by atoms with Crippen LogP contribution in [0.3, 0.4) is 0 Å². The average molecular weight is 425 g/mol. The highest BCUT2D eigenvalue weighted by Crippen LogP contribution is 2.20. The first-order chi connectivity index (χ1) is 14.6. The van der Waals surface area contributed by atoms with Gasteiger partial charge in [-0.2, -0.15) is 4.68 Å². The Hall–Kier alpha value is -3.04. The number of hydrogen-bond donors (Lipinski definition) is 0. The molecule has 1 aliphatic rings. The number of benzene rings is 1. The summed E-state index contributed by atoms with van der Waals surface area (Å²) in [5, 5.41) is 13.8. The zero-order valence-corrected chi connectivity index (χ0v) is 17.9. The van der Waals surface area contributed by atoms with Crippen molar-refractivity contribution in [1.29, 1.82) is 0 Å². The zero-order chi connectivity index (χ0) is 20.9. The molecule has 0 radical (unpaired) electrons. The Morgan fingerprint density at radius 2 is 2.03 bits per heavy atom. The van der Waals surface area contributed by atoms with Crippen molar-refractivity contribution in [3.8, 4) is 5.75 Å². The van der Waals surface area contributed by atoms with E-state index < -0.39 is 0 Å². The summed E-state index contributed by atoms with van der Waals surface area (Å²) < 4.78 is 6.81. The number of carbonyl (C=O) groups excluding carboxylic acids is 1. The van der Waals surface area contributed by atoms with Crippen LogP contribution in [0.4, 0.5) is 0 Å². The Morgan fingerprint density at radius 1 is 1.20 bits per heavy atom. The topological polar surface area (TPSA) is 76.4 Å². The van der Waals surface area contributed by atoms with Gasteiger partial charge in [-0.1, -0.05) is 18.2 Å². The number of ether oxygens (including phenoxy) is 1. The van der Waals surface area contributed by atoms with Crippen molar-refractivity contribution in [1.82, 2.24) is 30.0 Å². The Bertz CT molecular complexity index is 1020. The summed E-state index contributed by atoms with van der Waals surface area (Å²) in [6, 6.07) is 11.8. The third-order valence-electron chi connectivity index (χ3n) is 5.09. The van der Waals surface area contributed by atoms with Gasteiger partial charge in [0.05, 0.1) is 7.11 Å². The lowest BCUT2D eigenvalue weighted by Crippen LogP contribution is -2.48. The van der Waals surface area contributed by atoms with Crippen molar-refractivity contribution < 1.29 is 9.53 Å². The minimum Gasteiger partial charge on any atom is -0.497 e. The summed E-state index contributed by atoms with van der Waals surface area (Å²) in [5.74, 6) is 1.21. The molecule has 30 heavy (non-hydrogen) atoms. The summed E-state index contributed by atoms with van der Waals surface area (Å²) >= 11 is 1.77. The lowest BCUT2D eigenvalue weighted by molar-refractivity contribution is -0.127. The molecular formula is C21H24N6O2S. The molecule has 0 spiro atoms. The van der Waals surface area contributed by atoms with Gasteiger partial charge in [-0.3, -0.25) is 9.69 Å². The molecule has 0 bridgehead atoms. The number of nitrogens with zero attached hydrogens (tertiary/aromatic N) is 6. The van der Waals surface area contributed by atoms with E-state index in [9.17, 15) is 4.79 Å². The second kappa shape index (κ2) is 9.19. The Balaban J connectivity index is 1.53. The van der Waals surface area contributed by atoms with E-state index in [1.807, 2.05) is 35.2 Å². The van der Waals surface area contributed by atoms with Gasteiger partial charge in [0.2, 0.25) is 0 Å². The first-order valence-corrected chi connectivity index (χ1v) is 10.7. The summed E-state index contributed by atoms with van der Waals surface area (Å²) in [7, 11) is 1.62. The predicted molar refractivity (Wildman–Crippen MR) is 116 cm³/mol. The maximum absolute atomic E-state index is 13.4. The molecule has 2 aromatic heterocycles. The lowest BCUT2D eigenvalue weighted by Gasteiger charge is -2.34. The van der Waals surface area contributed by atoms with Crippen LogP contribution in [0.25, 0.3) is 11.8 Å². The smallest absolute Gasteiger partial charge is 0.272 e. The fourth-order valence-corrected chi connectivity index (χ4v) is 4.20. The number of aryl methyl sites for hydroxylation is 1. The van der Waals surface area contributed by atoms with Crippen LogP contribution >= 0.6 is 11.3 Å². The van der Waals surface area contributed by atoms with Crippen LogP contribution < -0.4 is 4.74 Å². The van der Waals surface area contributed by atoms with Crippen LogP contribution in [-0.4, -0.2) is 69.2 Å². The number of piperazine rings is 1. The van der Waals surface area contributed by atoms with Crippen molar-refractivity contribution in [2.45, 2.75) is 13.5 Å². The van der Waals surface area contributed by atoms with Gasteiger partial charge in [-0.25, -0.2) is 0 Å². The van der Waals surface area contributed by atoms with E-state index in [1.165, 1.54) is 9.56 Å². The van der Waals surface area contributed by atoms with E-state index in [2.05, 4.69) is 37.9 Å². The fourth-order valence-electron chi connectivity index (χ4n) is 3.45. The van der Waals surface area contributed by atoms with Crippen LogP contribution in [-0.2, 0) is 11.3 Å². The van der Waals surface area contributed by atoms with Gasteiger partial charge in [0.1, 0.15) is 11.4 Å². The number of carbonyl (C=O) groups is 1. The summed E-state index contributed by atoms with van der Waals surface area (Å²) in [6.45, 7) is 5.72. The van der Waals surface area contributed by atoms with E-state index in [-0.39, 0.29) is 5.91 Å². The molecule has 0 saturated carbocycles. The first kappa shape index (κ1) is 20.2. The van der Waals surface area contributed by atoms with Crippen molar-refractivity contribution >= 4 is 29.0 Å². The van der Waals surface area contributed by atoms with Crippen LogP contribution in [0, 0.1) is 6.92 Å². The van der Waals surface area contributed by atoms with Crippen molar-refractivity contribution in [3.63, 3.8) is 0 Å². The highest BCUT2D eigenvalue weighted by molar-refractivity contribution is 7.09. The van der Waals surface area contributed by atoms with Gasteiger partial charge in [-0.15, -0.1) is 16.4 Å². The molecule has 1 fully saturated rings. The molecule has 4 rings (SSSR count). The molecular weight excluding hydrogens is 400 g/mol. The van der Waals surface area contributed by atoms with Crippen LogP contribution in [0.5, 0.6) is 5.75 Å². The van der Waals surface area contributed by atoms with E-state index in [1.54, 1.807) is 25.4 Å². The maximum atomic E-state index is 13.4. The van der Waals surface area contributed by atoms with Gasteiger partial charge >= 0.3 is 0 Å². The van der Waals surface area contributed by atoms with Crippen LogP contribution in [0.15, 0.2) is 41.8 Å². The van der Waals surface area contributed by atoms with Crippen molar-refractivity contribution in [2.75, 3.05) is 33.3 Å². The second-order valence-corrected chi connectivity index (χ2v) is 8.12. The van der Waals surface area contributed by atoms with Gasteiger partial charge < -0.3 is 9.64 Å². The second-order valence-electron chi connectivity index (χ2n) is 7.09. The molecule has 1 aromatic carbocycles. The van der Waals surface area contributed by atoms with E-state index in [0.717, 1.165) is 30.9 Å². The number of rotatable bonds is 6. The number of thiophene rings is 1. The highest BCUT2D eigenvalue weighted by atomic mass is 32.1. The first-order valence-electron chi connectivity index (χ1n) is 9.79. The molecule has 0 atom stereocenters. The molecule has 0 aliphatic carbocycles. The van der Waals surface area contributed by atoms with Crippen LogP contribution in [0.2, 0.25) is 0 Å². The minimum absolute atomic E-state index is 0.0796. The monoisotopic (exact) mass is 424 g/mol. The number of tetrazole rings is 1. The Labute approximate surface area is 179 Å². The van der Waals surface area contributed by atoms with Gasteiger partial charge in [-0.05, 0) is 52.6 Å². The third kappa shape index (κ3) is 4.58. The SMILES string of the molecule is COc1cccc(/C=C(/C(=O)N2CCN(Cc3cccs3)CC2)n2nnnc2C)c1. The molecule has 3 aromatic rings. The number of methoxy groups -OCH3 is 1. The minimum atomic E-state index is -0.0796.